The van der Waals surface area contributed by atoms with Crippen molar-refractivity contribution in [3.8, 4) is 11.3 Å². The SMILES string of the molecule is COC(=O)c1cccc2c(=O)c(C)c(-c3cccc([N+](=O)[O-])c3)oc12. The highest BCUT2D eigenvalue weighted by Crippen LogP contribution is 2.29. The predicted molar refractivity (Wildman–Crippen MR) is 90.7 cm³/mol. The molecule has 0 aliphatic heterocycles. The number of hydrogen-bond donors (Lipinski definition) is 0. The molecule has 0 fully saturated rings. The van der Waals surface area contributed by atoms with Crippen LogP contribution in [0.1, 0.15) is 15.9 Å². The van der Waals surface area contributed by atoms with Crippen molar-refractivity contribution < 1.29 is 18.9 Å². The van der Waals surface area contributed by atoms with E-state index in [0.29, 0.717) is 11.1 Å². The number of hydrogen-bond acceptors (Lipinski definition) is 6. The number of nitrogens with zero attached hydrogens (tertiary/aromatic N) is 1. The molecule has 2 aromatic carbocycles. The number of non-ortho nitro benzene ring substituents is 1. The van der Waals surface area contributed by atoms with Crippen LogP contribution >= 0.6 is 0 Å². The van der Waals surface area contributed by atoms with Gasteiger partial charge in [-0.25, -0.2) is 4.79 Å². The van der Waals surface area contributed by atoms with Gasteiger partial charge in [0.1, 0.15) is 11.3 Å². The van der Waals surface area contributed by atoms with Gasteiger partial charge in [-0.1, -0.05) is 18.2 Å². The highest BCUT2D eigenvalue weighted by Gasteiger charge is 2.19. The van der Waals surface area contributed by atoms with Crippen LogP contribution in [-0.4, -0.2) is 18.0 Å². The van der Waals surface area contributed by atoms with E-state index in [1.54, 1.807) is 25.1 Å². The van der Waals surface area contributed by atoms with Crippen LogP contribution < -0.4 is 5.43 Å². The molecular formula is C18H13NO6. The fraction of sp³-hybridized carbons (Fsp3) is 0.111. The van der Waals surface area contributed by atoms with Crippen molar-refractivity contribution in [2.24, 2.45) is 0 Å². The lowest BCUT2D eigenvalue weighted by atomic mass is 10.0. The number of ether oxygens (including phenoxy) is 1. The normalized spacial score (nSPS) is 10.6. The first-order chi connectivity index (χ1) is 11.9. The number of nitro groups is 1. The molecule has 0 saturated heterocycles. The van der Waals surface area contributed by atoms with Gasteiger partial charge in [0.2, 0.25) is 0 Å². The van der Waals surface area contributed by atoms with E-state index in [-0.39, 0.29) is 33.4 Å². The molecule has 0 amide bonds. The smallest absolute Gasteiger partial charge is 0.341 e. The van der Waals surface area contributed by atoms with Crippen molar-refractivity contribution in [1.29, 1.82) is 0 Å². The molecule has 3 rings (SSSR count). The second-order valence-electron chi connectivity index (χ2n) is 5.37. The molecule has 3 aromatic rings. The van der Waals surface area contributed by atoms with E-state index in [1.165, 1.54) is 31.4 Å². The van der Waals surface area contributed by atoms with Crippen LogP contribution in [-0.2, 0) is 4.74 Å². The average molecular weight is 339 g/mol. The third-order valence-corrected chi connectivity index (χ3v) is 3.87. The third kappa shape index (κ3) is 2.76. The Hall–Kier alpha value is -3.48. The van der Waals surface area contributed by atoms with E-state index in [4.69, 9.17) is 9.15 Å². The maximum absolute atomic E-state index is 12.7. The first-order valence-corrected chi connectivity index (χ1v) is 7.33. The van der Waals surface area contributed by atoms with Gasteiger partial charge in [-0.2, -0.15) is 0 Å². The van der Waals surface area contributed by atoms with Crippen molar-refractivity contribution >= 4 is 22.6 Å². The lowest BCUT2D eigenvalue weighted by Gasteiger charge is -2.09. The van der Waals surface area contributed by atoms with E-state index in [2.05, 4.69) is 0 Å². The monoisotopic (exact) mass is 339 g/mol. The largest absolute Gasteiger partial charge is 0.465 e. The zero-order chi connectivity index (χ0) is 18.1. The molecule has 1 heterocycles. The van der Waals surface area contributed by atoms with E-state index in [1.807, 2.05) is 0 Å². The maximum Gasteiger partial charge on any atom is 0.341 e. The number of fused-ring (bicyclic) bond motifs is 1. The molecular weight excluding hydrogens is 326 g/mol. The summed E-state index contributed by atoms with van der Waals surface area (Å²) in [6.45, 7) is 1.57. The highest BCUT2D eigenvalue weighted by molar-refractivity contribution is 6.02. The lowest BCUT2D eigenvalue weighted by Crippen LogP contribution is -2.10. The van der Waals surface area contributed by atoms with Crippen LogP contribution in [0.2, 0.25) is 0 Å². The second-order valence-corrected chi connectivity index (χ2v) is 5.37. The highest BCUT2D eigenvalue weighted by atomic mass is 16.6. The summed E-state index contributed by atoms with van der Waals surface area (Å²) in [7, 11) is 1.23. The minimum absolute atomic E-state index is 0.0893. The first kappa shape index (κ1) is 16.4. The molecule has 7 nitrogen and oxygen atoms in total. The Morgan fingerprint density at radius 2 is 1.92 bits per heavy atom. The fourth-order valence-electron chi connectivity index (χ4n) is 2.62. The van der Waals surface area contributed by atoms with Gasteiger partial charge >= 0.3 is 5.97 Å². The van der Waals surface area contributed by atoms with E-state index < -0.39 is 10.9 Å². The molecule has 0 bridgehead atoms. The summed E-state index contributed by atoms with van der Waals surface area (Å²) in [4.78, 5) is 35.1. The molecule has 0 radical (unpaired) electrons. The summed E-state index contributed by atoms with van der Waals surface area (Å²) in [5.74, 6) is -0.458. The summed E-state index contributed by atoms with van der Waals surface area (Å²) in [6, 6.07) is 10.4. The number of carbonyl (C=O) groups excluding carboxylic acids is 1. The summed E-state index contributed by atoms with van der Waals surface area (Å²) in [5.41, 5.74) is 0.449. The summed E-state index contributed by atoms with van der Waals surface area (Å²) in [5, 5.41) is 11.2. The van der Waals surface area contributed by atoms with E-state index in [0.717, 1.165) is 0 Å². The van der Waals surface area contributed by atoms with Gasteiger partial charge in [-0.15, -0.1) is 0 Å². The topological polar surface area (TPSA) is 99.7 Å². The Bertz CT molecular complexity index is 1070. The summed E-state index contributed by atoms with van der Waals surface area (Å²) < 4.78 is 10.5. The molecule has 126 valence electrons. The minimum atomic E-state index is -0.636. The molecule has 0 saturated carbocycles. The second kappa shape index (κ2) is 6.20. The van der Waals surface area contributed by atoms with Gasteiger partial charge < -0.3 is 9.15 Å². The van der Waals surface area contributed by atoms with Crippen LogP contribution in [0.5, 0.6) is 0 Å². The zero-order valence-electron chi connectivity index (χ0n) is 13.4. The van der Waals surface area contributed by atoms with E-state index in [9.17, 15) is 19.7 Å². The number of benzene rings is 2. The van der Waals surface area contributed by atoms with Crippen molar-refractivity contribution in [1.82, 2.24) is 0 Å². The zero-order valence-corrected chi connectivity index (χ0v) is 13.4. The van der Waals surface area contributed by atoms with Crippen molar-refractivity contribution in [3.05, 3.63) is 73.9 Å². The Morgan fingerprint density at radius 3 is 2.60 bits per heavy atom. The van der Waals surface area contributed by atoms with Crippen LogP contribution in [0.3, 0.4) is 0 Å². The predicted octanol–water partition coefficient (Wildman–Crippen LogP) is 3.46. The molecule has 25 heavy (non-hydrogen) atoms. The Kier molecular flexibility index (Phi) is 4.06. The Balaban J connectivity index is 2.35. The minimum Gasteiger partial charge on any atom is -0.465 e. The third-order valence-electron chi connectivity index (χ3n) is 3.87. The van der Waals surface area contributed by atoms with Crippen molar-refractivity contribution in [2.45, 2.75) is 6.92 Å². The van der Waals surface area contributed by atoms with E-state index >= 15 is 0 Å². The number of nitro benzene ring substituents is 1. The van der Waals surface area contributed by atoms with Gasteiger partial charge in [0, 0.05) is 23.3 Å². The molecule has 0 unspecified atom stereocenters. The molecule has 7 heteroatoms. The van der Waals surface area contributed by atoms with Crippen LogP contribution in [0.15, 0.2) is 51.7 Å². The standard InChI is InChI=1S/C18H13NO6/c1-10-15(20)13-7-4-8-14(18(21)24-2)17(13)25-16(10)11-5-3-6-12(9-11)19(22)23/h3-9H,1-2H3. The number of rotatable bonds is 3. The molecule has 0 aliphatic carbocycles. The molecule has 0 aliphatic rings. The summed E-state index contributed by atoms with van der Waals surface area (Å²) >= 11 is 0. The molecule has 0 spiro atoms. The van der Waals surface area contributed by atoms with Crippen molar-refractivity contribution in [3.63, 3.8) is 0 Å². The average Bonchev–Trinajstić information content (AvgIpc) is 2.63. The van der Waals surface area contributed by atoms with Gasteiger partial charge in [0.25, 0.3) is 5.69 Å². The number of para-hydroxylation sites is 1. The maximum atomic E-state index is 12.7. The first-order valence-electron chi connectivity index (χ1n) is 7.33. The summed E-state index contributed by atoms with van der Waals surface area (Å²) in [6.07, 6.45) is 0. The lowest BCUT2D eigenvalue weighted by molar-refractivity contribution is -0.384. The number of methoxy groups -OCH3 is 1. The quantitative estimate of drug-likeness (QED) is 0.411. The molecule has 0 N–H and O–H groups in total. The fourth-order valence-corrected chi connectivity index (χ4v) is 2.62. The van der Waals surface area contributed by atoms with Crippen LogP contribution in [0.4, 0.5) is 5.69 Å². The van der Waals surface area contributed by atoms with Gasteiger partial charge in [-0.05, 0) is 19.1 Å². The van der Waals surface area contributed by atoms with Gasteiger partial charge in [0.05, 0.1) is 17.4 Å². The Labute approximate surface area is 141 Å². The number of esters is 1. The van der Waals surface area contributed by atoms with Crippen LogP contribution in [0, 0.1) is 17.0 Å². The van der Waals surface area contributed by atoms with Crippen molar-refractivity contribution in [2.75, 3.05) is 7.11 Å². The van der Waals surface area contributed by atoms with Gasteiger partial charge in [0.15, 0.2) is 11.0 Å². The molecule has 0 atom stereocenters. The molecule has 1 aromatic heterocycles. The Morgan fingerprint density at radius 1 is 1.20 bits per heavy atom. The number of carbonyl (C=O) groups is 1. The van der Waals surface area contributed by atoms with Crippen LogP contribution in [0.25, 0.3) is 22.3 Å². The van der Waals surface area contributed by atoms with Gasteiger partial charge in [-0.3, -0.25) is 14.9 Å².